The van der Waals surface area contributed by atoms with Gasteiger partial charge in [0.15, 0.2) is 0 Å². The minimum absolute atomic E-state index is 0.0754. The van der Waals surface area contributed by atoms with Crippen molar-refractivity contribution < 1.29 is 9.53 Å². The summed E-state index contributed by atoms with van der Waals surface area (Å²) in [7, 11) is 0. The third kappa shape index (κ3) is 5.35. The fraction of sp³-hybridized carbons (Fsp3) is 0.407. The van der Waals surface area contributed by atoms with Crippen molar-refractivity contribution in [3.05, 3.63) is 76.8 Å². The van der Waals surface area contributed by atoms with Gasteiger partial charge < -0.3 is 10.1 Å². The highest BCUT2D eigenvalue weighted by Gasteiger charge is 2.32. The zero-order chi connectivity index (χ0) is 22.6. The number of amides is 1. The highest BCUT2D eigenvalue weighted by molar-refractivity contribution is 7.18. The van der Waals surface area contributed by atoms with E-state index < -0.39 is 0 Å². The minimum atomic E-state index is -0.0754. The summed E-state index contributed by atoms with van der Waals surface area (Å²) in [5.74, 6) is 0.187. The Hall–Kier alpha value is -2.54. The minimum Gasteiger partial charge on any atom is -0.376 e. The van der Waals surface area contributed by atoms with Crippen LogP contribution in [0.4, 0.5) is 0 Å². The molecule has 1 saturated heterocycles. The van der Waals surface area contributed by atoms with Crippen molar-refractivity contribution in [1.29, 1.82) is 0 Å². The number of ether oxygens (including phenoxy) is 1. The molecule has 1 amide bonds. The number of nitrogens with zero attached hydrogens (tertiary/aromatic N) is 2. The Morgan fingerprint density at radius 3 is 2.88 bits per heavy atom. The molecule has 1 N–H and O–H groups in total. The molecule has 0 spiro atoms. The number of fused-ring (bicyclic) bond motifs is 1. The number of hydrogen-bond donors (Lipinski definition) is 1. The first-order valence-electron chi connectivity index (χ1n) is 11.9. The van der Waals surface area contributed by atoms with E-state index in [1.807, 2.05) is 18.2 Å². The fourth-order valence-corrected chi connectivity index (χ4v) is 6.02. The molecule has 6 heteroatoms. The van der Waals surface area contributed by atoms with E-state index in [0.29, 0.717) is 6.54 Å². The number of aromatic nitrogens is 1. The number of nitrogens with one attached hydrogen (secondary N) is 1. The SMILES string of the molecule is CC1CN(Cc2cccc(CNC(=O)C3CC=CCC3c3nc4ccccc4s3)c2)CCO1. The van der Waals surface area contributed by atoms with Crippen molar-refractivity contribution in [2.24, 2.45) is 5.92 Å². The van der Waals surface area contributed by atoms with Crippen LogP contribution in [-0.2, 0) is 22.6 Å². The van der Waals surface area contributed by atoms with E-state index >= 15 is 0 Å². The van der Waals surface area contributed by atoms with E-state index in [2.05, 4.69) is 59.6 Å². The maximum atomic E-state index is 13.2. The van der Waals surface area contributed by atoms with E-state index in [1.54, 1.807) is 11.3 Å². The molecule has 1 aliphatic heterocycles. The monoisotopic (exact) mass is 461 g/mol. The zero-order valence-electron chi connectivity index (χ0n) is 19.1. The number of carbonyl (C=O) groups excluding carboxylic acids is 1. The molecule has 0 bridgehead atoms. The van der Waals surface area contributed by atoms with Crippen LogP contribution in [0.1, 0.15) is 41.8 Å². The Kier molecular flexibility index (Phi) is 6.85. The van der Waals surface area contributed by atoms with Crippen molar-refractivity contribution in [3.63, 3.8) is 0 Å². The fourth-order valence-electron chi connectivity index (χ4n) is 4.88. The van der Waals surface area contributed by atoms with E-state index in [4.69, 9.17) is 9.72 Å². The summed E-state index contributed by atoms with van der Waals surface area (Å²) in [6, 6.07) is 16.8. The molecule has 1 aliphatic carbocycles. The number of para-hydroxylation sites is 1. The predicted molar refractivity (Wildman–Crippen MR) is 133 cm³/mol. The van der Waals surface area contributed by atoms with Gasteiger partial charge in [0, 0.05) is 32.1 Å². The maximum absolute atomic E-state index is 13.2. The standard InChI is InChI=1S/C27H31N3O2S/c1-19-17-30(13-14-32-19)18-21-8-6-7-20(15-21)16-28-26(31)22-9-2-3-10-23(22)27-29-24-11-4-5-12-25(24)33-27/h2-8,11-12,15,19,22-23H,9-10,13-14,16-18H2,1H3,(H,28,31). The van der Waals surface area contributed by atoms with Crippen LogP contribution in [-0.4, -0.2) is 41.6 Å². The molecule has 172 valence electrons. The molecule has 2 aromatic carbocycles. The molecule has 3 aromatic rings. The average molecular weight is 462 g/mol. The zero-order valence-corrected chi connectivity index (χ0v) is 19.9. The van der Waals surface area contributed by atoms with Crippen LogP contribution >= 0.6 is 11.3 Å². The lowest BCUT2D eigenvalue weighted by Gasteiger charge is -2.31. The number of morpholine rings is 1. The van der Waals surface area contributed by atoms with Crippen LogP contribution in [0.25, 0.3) is 10.2 Å². The Morgan fingerprint density at radius 1 is 1.15 bits per heavy atom. The highest BCUT2D eigenvalue weighted by atomic mass is 32.1. The number of carbonyl (C=O) groups is 1. The molecule has 3 unspecified atom stereocenters. The van der Waals surface area contributed by atoms with Gasteiger partial charge in [-0.15, -0.1) is 11.3 Å². The molecular weight excluding hydrogens is 430 g/mol. The van der Waals surface area contributed by atoms with Gasteiger partial charge in [0.2, 0.25) is 5.91 Å². The van der Waals surface area contributed by atoms with Crippen LogP contribution in [0, 0.1) is 5.92 Å². The number of allylic oxidation sites excluding steroid dienone is 2. The van der Waals surface area contributed by atoms with E-state index in [-0.39, 0.29) is 23.8 Å². The van der Waals surface area contributed by atoms with E-state index in [0.717, 1.165) is 55.2 Å². The Morgan fingerprint density at radius 2 is 2.00 bits per heavy atom. The summed E-state index contributed by atoms with van der Waals surface area (Å²) < 4.78 is 6.84. The lowest BCUT2D eigenvalue weighted by atomic mass is 9.82. The topological polar surface area (TPSA) is 54.5 Å². The van der Waals surface area contributed by atoms with Crippen LogP contribution in [0.2, 0.25) is 0 Å². The summed E-state index contributed by atoms with van der Waals surface area (Å²) in [5, 5.41) is 4.28. The van der Waals surface area contributed by atoms with Gasteiger partial charge in [-0.2, -0.15) is 0 Å². The maximum Gasteiger partial charge on any atom is 0.224 e. The number of hydrogen-bond acceptors (Lipinski definition) is 5. The van der Waals surface area contributed by atoms with Crippen molar-refractivity contribution in [1.82, 2.24) is 15.2 Å². The smallest absolute Gasteiger partial charge is 0.224 e. The first-order valence-corrected chi connectivity index (χ1v) is 12.7. The van der Waals surface area contributed by atoms with Gasteiger partial charge in [-0.05, 0) is 43.0 Å². The molecule has 1 aromatic heterocycles. The van der Waals surface area contributed by atoms with Crippen molar-refractivity contribution in [3.8, 4) is 0 Å². The average Bonchev–Trinajstić information content (AvgIpc) is 3.27. The predicted octanol–water partition coefficient (Wildman–Crippen LogP) is 4.88. The first-order chi connectivity index (χ1) is 16.2. The molecule has 5 nitrogen and oxygen atoms in total. The van der Waals surface area contributed by atoms with Crippen molar-refractivity contribution in [2.45, 2.75) is 44.9 Å². The summed E-state index contributed by atoms with van der Waals surface area (Å²) in [4.78, 5) is 20.5. The second-order valence-electron chi connectivity index (χ2n) is 9.13. The van der Waals surface area contributed by atoms with Crippen LogP contribution in [0.3, 0.4) is 0 Å². The van der Waals surface area contributed by atoms with E-state index in [9.17, 15) is 4.79 Å². The summed E-state index contributed by atoms with van der Waals surface area (Å²) in [6.07, 6.45) is 6.25. The van der Waals surface area contributed by atoms with Crippen LogP contribution < -0.4 is 5.32 Å². The second-order valence-corrected chi connectivity index (χ2v) is 10.2. The normalized spacial score (nSPS) is 23.6. The molecule has 2 aliphatic rings. The summed E-state index contributed by atoms with van der Waals surface area (Å²) in [5.41, 5.74) is 3.45. The number of benzene rings is 2. The highest BCUT2D eigenvalue weighted by Crippen LogP contribution is 2.38. The number of thiazole rings is 1. The number of rotatable bonds is 6. The molecule has 5 rings (SSSR count). The Balaban J connectivity index is 1.23. The lowest BCUT2D eigenvalue weighted by Crippen LogP contribution is -2.40. The Labute approximate surface area is 199 Å². The third-order valence-corrected chi connectivity index (χ3v) is 7.75. The second kappa shape index (κ2) is 10.2. The molecule has 0 radical (unpaired) electrons. The summed E-state index contributed by atoms with van der Waals surface area (Å²) in [6.45, 7) is 6.32. The molecule has 0 saturated carbocycles. The van der Waals surface area contributed by atoms with Gasteiger partial charge in [-0.3, -0.25) is 9.69 Å². The van der Waals surface area contributed by atoms with Crippen LogP contribution in [0.15, 0.2) is 60.7 Å². The van der Waals surface area contributed by atoms with Gasteiger partial charge in [0.25, 0.3) is 0 Å². The van der Waals surface area contributed by atoms with Crippen molar-refractivity contribution >= 4 is 27.5 Å². The molecule has 33 heavy (non-hydrogen) atoms. The van der Waals surface area contributed by atoms with E-state index in [1.165, 1.54) is 10.3 Å². The molecular formula is C27H31N3O2S. The lowest BCUT2D eigenvalue weighted by molar-refractivity contribution is -0.125. The van der Waals surface area contributed by atoms with Gasteiger partial charge in [0.1, 0.15) is 0 Å². The first kappa shape index (κ1) is 22.3. The van der Waals surface area contributed by atoms with Gasteiger partial charge >= 0.3 is 0 Å². The van der Waals surface area contributed by atoms with Gasteiger partial charge in [-0.25, -0.2) is 4.98 Å². The van der Waals surface area contributed by atoms with Crippen molar-refractivity contribution in [2.75, 3.05) is 19.7 Å². The van der Waals surface area contributed by atoms with Crippen LogP contribution in [0.5, 0.6) is 0 Å². The van der Waals surface area contributed by atoms with Gasteiger partial charge in [-0.1, -0.05) is 48.6 Å². The molecule has 1 fully saturated rings. The van der Waals surface area contributed by atoms with Gasteiger partial charge in [0.05, 0.1) is 33.9 Å². The third-order valence-electron chi connectivity index (χ3n) is 6.59. The summed E-state index contributed by atoms with van der Waals surface area (Å²) >= 11 is 1.72. The largest absolute Gasteiger partial charge is 0.376 e. The molecule has 2 heterocycles. The quantitative estimate of drug-likeness (QED) is 0.532. The molecule has 3 atom stereocenters. The Bertz CT molecular complexity index is 1110.